The Labute approximate surface area is 200 Å². The fourth-order valence-corrected chi connectivity index (χ4v) is 9.32. The van der Waals surface area contributed by atoms with Crippen molar-refractivity contribution < 1.29 is 9.16 Å². The van der Waals surface area contributed by atoms with Crippen LogP contribution in [0.4, 0.5) is 0 Å². The molecule has 0 aliphatic carbocycles. The zero-order valence-electron chi connectivity index (χ0n) is 20.2. The maximum atomic E-state index is 12.4. The van der Waals surface area contributed by atoms with Crippen molar-refractivity contribution in [2.24, 2.45) is 0 Å². The Bertz CT molecular complexity index is 1180. The van der Waals surface area contributed by atoms with Crippen molar-refractivity contribution in [1.29, 1.82) is 0 Å². The van der Waals surface area contributed by atoms with E-state index in [4.69, 9.17) is 9.16 Å². The molecule has 0 bridgehead atoms. The predicted molar refractivity (Wildman–Crippen MR) is 136 cm³/mol. The van der Waals surface area contributed by atoms with Gasteiger partial charge in [-0.05, 0) is 22.3 Å². The average Bonchev–Trinajstić information content (AvgIpc) is 2.82. The summed E-state index contributed by atoms with van der Waals surface area (Å²) in [7, 11) is -2.69. The van der Waals surface area contributed by atoms with Gasteiger partial charge in [0, 0.05) is 24.8 Å². The number of nitrogens with one attached hydrogen (secondary N) is 2. The zero-order chi connectivity index (χ0) is 24.3. The number of aryl methyl sites for hydroxylation is 1. The molecule has 0 amide bonds. The second-order valence-corrected chi connectivity index (χ2v) is 14.1. The van der Waals surface area contributed by atoms with Crippen molar-refractivity contribution in [2.45, 2.75) is 45.1 Å². The van der Waals surface area contributed by atoms with Crippen LogP contribution in [0.3, 0.4) is 0 Å². The van der Waals surface area contributed by atoms with E-state index in [1.165, 1.54) is 14.9 Å². The van der Waals surface area contributed by atoms with Gasteiger partial charge in [0.1, 0.15) is 0 Å². The lowest BCUT2D eigenvalue weighted by Gasteiger charge is -2.44. The van der Waals surface area contributed by atoms with E-state index in [9.17, 15) is 9.59 Å². The summed E-state index contributed by atoms with van der Waals surface area (Å²) in [4.78, 5) is 26.5. The molecule has 0 saturated carbocycles. The van der Waals surface area contributed by atoms with Gasteiger partial charge in [0.2, 0.25) is 0 Å². The van der Waals surface area contributed by atoms with E-state index in [0.29, 0.717) is 25.3 Å². The Morgan fingerprint density at radius 3 is 2.15 bits per heavy atom. The molecular weight excluding hydrogens is 446 g/mol. The molecule has 2 N–H and O–H groups in total. The van der Waals surface area contributed by atoms with Crippen molar-refractivity contribution in [1.82, 2.24) is 14.9 Å². The SMILES string of the molecule is Cc1cn([C@H]2CNC[C@@H](CO[Si](c3ccccc3)(c3ccccc3)C(C)(C)C)O2)c(=O)[nH]c1=O. The first kappa shape index (κ1) is 24.3. The van der Waals surface area contributed by atoms with Crippen LogP contribution in [0.5, 0.6) is 0 Å². The summed E-state index contributed by atoms with van der Waals surface area (Å²) in [5, 5.41) is 5.64. The molecule has 1 aromatic heterocycles. The summed E-state index contributed by atoms with van der Waals surface area (Å²) < 4.78 is 14.7. The quantitative estimate of drug-likeness (QED) is 0.528. The summed E-state index contributed by atoms with van der Waals surface area (Å²) in [5.41, 5.74) is -0.388. The molecule has 180 valence electrons. The van der Waals surface area contributed by atoms with Crippen LogP contribution >= 0.6 is 0 Å². The third kappa shape index (κ3) is 4.72. The summed E-state index contributed by atoms with van der Waals surface area (Å²) in [5.74, 6) is 0. The second kappa shape index (κ2) is 9.83. The largest absolute Gasteiger partial charge is 0.405 e. The van der Waals surface area contributed by atoms with Gasteiger partial charge >= 0.3 is 5.69 Å². The van der Waals surface area contributed by atoms with Gasteiger partial charge in [-0.25, -0.2) is 4.79 Å². The van der Waals surface area contributed by atoms with E-state index in [1.54, 1.807) is 13.1 Å². The number of H-pyrrole nitrogens is 1. The minimum absolute atomic E-state index is 0.135. The highest BCUT2D eigenvalue weighted by Gasteiger charge is 2.50. The number of benzene rings is 2. The predicted octanol–water partition coefficient (Wildman–Crippen LogP) is 1.91. The summed E-state index contributed by atoms with van der Waals surface area (Å²) in [6.45, 7) is 9.87. The molecule has 1 saturated heterocycles. The first-order valence-electron chi connectivity index (χ1n) is 11.7. The van der Waals surface area contributed by atoms with Crippen LogP contribution in [-0.2, 0) is 9.16 Å². The monoisotopic (exact) mass is 479 g/mol. The number of morpholine rings is 1. The molecule has 1 fully saturated rings. The topological polar surface area (TPSA) is 85.3 Å². The van der Waals surface area contributed by atoms with Crippen LogP contribution in [0.25, 0.3) is 0 Å². The highest BCUT2D eigenvalue weighted by molar-refractivity contribution is 6.99. The average molecular weight is 480 g/mol. The van der Waals surface area contributed by atoms with E-state index in [-0.39, 0.29) is 16.7 Å². The molecule has 34 heavy (non-hydrogen) atoms. The van der Waals surface area contributed by atoms with Gasteiger partial charge in [0.15, 0.2) is 6.23 Å². The smallest absolute Gasteiger partial charge is 0.330 e. The van der Waals surface area contributed by atoms with Gasteiger partial charge in [-0.3, -0.25) is 14.3 Å². The number of rotatable bonds is 6. The highest BCUT2D eigenvalue weighted by Crippen LogP contribution is 2.37. The van der Waals surface area contributed by atoms with Crippen molar-refractivity contribution in [3.05, 3.63) is 93.3 Å². The van der Waals surface area contributed by atoms with Gasteiger partial charge in [-0.2, -0.15) is 0 Å². The Hall–Kier alpha value is -2.78. The molecular formula is C26H33N3O4Si. The first-order chi connectivity index (χ1) is 16.2. The standard InChI is InChI=1S/C26H33N3O4Si/c1-19-17-29(25(31)28-24(19)30)23-16-27-15-20(33-23)18-32-34(26(2,3)4,21-11-7-5-8-12-21)22-13-9-6-10-14-22/h5-14,17,20,23,27H,15-16,18H2,1-4H3,(H,28,30,31)/t20-,23+/m0/s1. The summed E-state index contributed by atoms with van der Waals surface area (Å²) in [6, 6.07) is 21.0. The zero-order valence-corrected chi connectivity index (χ0v) is 21.2. The van der Waals surface area contributed by atoms with Gasteiger partial charge in [-0.1, -0.05) is 81.4 Å². The van der Waals surface area contributed by atoms with Crippen LogP contribution in [0.2, 0.25) is 5.04 Å². The third-order valence-electron chi connectivity index (χ3n) is 6.40. The van der Waals surface area contributed by atoms with E-state index in [2.05, 4.69) is 79.6 Å². The first-order valence-corrected chi connectivity index (χ1v) is 13.6. The lowest BCUT2D eigenvalue weighted by Crippen LogP contribution is -2.67. The number of hydrogen-bond acceptors (Lipinski definition) is 5. The number of ether oxygens (including phenoxy) is 1. The number of aromatic nitrogens is 2. The Kier molecular flexibility index (Phi) is 7.04. The van der Waals surface area contributed by atoms with E-state index >= 15 is 0 Å². The van der Waals surface area contributed by atoms with Crippen LogP contribution in [-0.4, -0.2) is 43.7 Å². The van der Waals surface area contributed by atoms with E-state index < -0.39 is 20.2 Å². The minimum atomic E-state index is -2.69. The molecule has 0 unspecified atom stereocenters. The van der Waals surface area contributed by atoms with Gasteiger partial charge in [0.25, 0.3) is 13.9 Å². The van der Waals surface area contributed by atoms with Crippen LogP contribution in [0.1, 0.15) is 32.6 Å². The minimum Gasteiger partial charge on any atom is -0.405 e. The fraction of sp³-hybridized carbons (Fsp3) is 0.385. The highest BCUT2D eigenvalue weighted by atomic mass is 28.4. The number of aromatic amines is 1. The van der Waals surface area contributed by atoms with Gasteiger partial charge in [0.05, 0.1) is 12.7 Å². The third-order valence-corrected chi connectivity index (χ3v) is 11.4. The maximum absolute atomic E-state index is 12.4. The Morgan fingerprint density at radius 2 is 1.59 bits per heavy atom. The number of hydrogen-bond donors (Lipinski definition) is 2. The maximum Gasteiger partial charge on any atom is 0.330 e. The molecule has 3 aromatic rings. The van der Waals surface area contributed by atoms with Crippen LogP contribution in [0.15, 0.2) is 76.4 Å². The van der Waals surface area contributed by atoms with Crippen LogP contribution < -0.4 is 26.9 Å². The van der Waals surface area contributed by atoms with E-state index in [1.807, 2.05) is 12.1 Å². The van der Waals surface area contributed by atoms with Gasteiger partial charge in [-0.15, -0.1) is 0 Å². The lowest BCUT2D eigenvalue weighted by atomic mass is 10.2. The van der Waals surface area contributed by atoms with Crippen molar-refractivity contribution >= 4 is 18.7 Å². The molecule has 2 atom stereocenters. The van der Waals surface area contributed by atoms with Crippen molar-refractivity contribution in [3.8, 4) is 0 Å². The molecule has 1 aliphatic heterocycles. The fourth-order valence-electron chi connectivity index (χ4n) is 4.73. The van der Waals surface area contributed by atoms with Crippen molar-refractivity contribution in [2.75, 3.05) is 19.7 Å². The lowest BCUT2D eigenvalue weighted by molar-refractivity contribution is -0.0944. The van der Waals surface area contributed by atoms with Gasteiger partial charge < -0.3 is 14.5 Å². The molecule has 1 aliphatic rings. The summed E-state index contributed by atoms with van der Waals surface area (Å²) >= 11 is 0. The second-order valence-electron chi connectivity index (χ2n) is 9.82. The van der Waals surface area contributed by atoms with E-state index in [0.717, 1.165) is 0 Å². The molecule has 4 rings (SSSR count). The molecule has 0 radical (unpaired) electrons. The van der Waals surface area contributed by atoms with Crippen molar-refractivity contribution in [3.63, 3.8) is 0 Å². The molecule has 8 heteroatoms. The Morgan fingerprint density at radius 1 is 1.00 bits per heavy atom. The normalized spacial score (nSPS) is 19.2. The van der Waals surface area contributed by atoms with Crippen LogP contribution in [0, 0.1) is 6.92 Å². The number of nitrogens with zero attached hydrogens (tertiary/aromatic N) is 1. The summed E-state index contributed by atoms with van der Waals surface area (Å²) in [6.07, 6.45) is 0.780. The molecule has 2 aromatic carbocycles. The molecule has 0 spiro atoms. The molecule has 2 heterocycles. The molecule has 7 nitrogen and oxygen atoms in total. The Balaban J connectivity index is 1.64.